The van der Waals surface area contributed by atoms with Gasteiger partial charge in [-0.1, -0.05) is 0 Å². The summed E-state index contributed by atoms with van der Waals surface area (Å²) in [5.41, 5.74) is 0.942. The second-order valence-corrected chi connectivity index (χ2v) is 14.3. The lowest BCUT2D eigenvalue weighted by Crippen LogP contribution is -2.40. The first kappa shape index (κ1) is 28.8. The molecule has 4 aromatic rings. The van der Waals surface area contributed by atoms with Crippen molar-refractivity contribution in [3.05, 3.63) is 80.4 Å². The summed E-state index contributed by atoms with van der Waals surface area (Å²) < 4.78 is 67.3. The van der Waals surface area contributed by atoms with Crippen LogP contribution in [-0.4, -0.2) is 58.3 Å². The lowest BCUT2D eigenvalue weighted by atomic mass is 10.0. The van der Waals surface area contributed by atoms with Gasteiger partial charge < -0.3 is 14.3 Å². The van der Waals surface area contributed by atoms with E-state index >= 15 is 0 Å². The number of carbonyl (C=O) groups excluding carboxylic acids is 1. The van der Waals surface area contributed by atoms with Gasteiger partial charge in [0.1, 0.15) is 17.1 Å². The molecule has 5 rings (SSSR count). The maximum Gasteiger partial charge on any atom is 0.262 e. The van der Waals surface area contributed by atoms with Crippen LogP contribution in [0.1, 0.15) is 21.7 Å². The van der Waals surface area contributed by atoms with Gasteiger partial charge in [-0.15, -0.1) is 0 Å². The van der Waals surface area contributed by atoms with Crippen molar-refractivity contribution < 1.29 is 35.9 Å². The third kappa shape index (κ3) is 5.43. The fourth-order valence-electron chi connectivity index (χ4n) is 4.33. The highest BCUT2D eigenvalue weighted by atomic mass is 79.9. The Kier molecular flexibility index (Phi) is 7.85. The average molecular weight is 714 g/mol. The molecule has 1 aliphatic rings. The summed E-state index contributed by atoms with van der Waals surface area (Å²) in [6, 6.07) is 12.6. The van der Waals surface area contributed by atoms with Crippen LogP contribution < -0.4 is 4.72 Å². The van der Waals surface area contributed by atoms with Gasteiger partial charge in [0, 0.05) is 35.8 Å². The number of ketones is 1. The number of anilines is 1. The summed E-state index contributed by atoms with van der Waals surface area (Å²) in [6.07, 6.45) is 0. The fourth-order valence-corrected chi connectivity index (χ4v) is 8.00. The molecule has 2 heterocycles. The number of hydrogen-bond donors (Lipinski definition) is 2. The molecule has 0 unspecified atom stereocenters. The predicted molar refractivity (Wildman–Crippen MR) is 155 cm³/mol. The lowest BCUT2D eigenvalue weighted by molar-refractivity contribution is 0.0730. The van der Waals surface area contributed by atoms with Crippen LogP contribution in [0.5, 0.6) is 5.75 Å². The van der Waals surface area contributed by atoms with Gasteiger partial charge in [-0.3, -0.25) is 9.52 Å². The van der Waals surface area contributed by atoms with E-state index in [2.05, 4.69) is 36.6 Å². The number of aryl methyl sites for hydroxylation is 1. The van der Waals surface area contributed by atoms with Gasteiger partial charge in [0.05, 0.1) is 37.5 Å². The molecule has 0 atom stereocenters. The van der Waals surface area contributed by atoms with Gasteiger partial charge in [-0.2, -0.15) is 4.31 Å². The quantitative estimate of drug-likeness (QED) is 0.254. The molecule has 0 bridgehead atoms. The summed E-state index contributed by atoms with van der Waals surface area (Å²) in [7, 11) is -7.79. The SMILES string of the molecule is Cc1oc2cc(S(=O)(=O)Nc3ccc(S(=O)(=O)N4CCOCC4)cc3)ccc2c1C(=O)c1cc(Br)c(O)c(Br)c1. The van der Waals surface area contributed by atoms with Crippen LogP contribution in [-0.2, 0) is 24.8 Å². The first-order valence-corrected chi connectivity index (χ1v) is 16.4. The molecule has 1 saturated heterocycles. The Hall–Kier alpha value is -2.75. The smallest absolute Gasteiger partial charge is 0.262 e. The molecule has 0 saturated carbocycles. The second-order valence-electron chi connectivity index (χ2n) is 8.96. The molecule has 1 fully saturated rings. The number of carbonyl (C=O) groups is 1. The number of hydrogen-bond acceptors (Lipinski definition) is 8. The van der Waals surface area contributed by atoms with Crippen molar-refractivity contribution in [3.63, 3.8) is 0 Å². The number of furan rings is 1. The topological polar surface area (TPSA) is 143 Å². The van der Waals surface area contributed by atoms with Crippen molar-refractivity contribution in [1.82, 2.24) is 4.31 Å². The number of benzene rings is 3. The van der Waals surface area contributed by atoms with Crippen LogP contribution in [0, 0.1) is 6.92 Å². The van der Waals surface area contributed by atoms with E-state index in [0.717, 1.165) is 0 Å². The van der Waals surface area contributed by atoms with Crippen molar-refractivity contribution in [2.45, 2.75) is 16.7 Å². The van der Waals surface area contributed by atoms with Crippen molar-refractivity contribution in [2.24, 2.45) is 0 Å². The third-order valence-electron chi connectivity index (χ3n) is 6.37. The Morgan fingerprint density at radius 2 is 1.52 bits per heavy atom. The first-order chi connectivity index (χ1) is 18.9. The molecule has 210 valence electrons. The van der Waals surface area contributed by atoms with Crippen LogP contribution in [0.2, 0.25) is 0 Å². The molecule has 0 spiro atoms. The molecule has 14 heteroatoms. The Balaban J connectivity index is 1.40. The first-order valence-electron chi connectivity index (χ1n) is 11.8. The van der Waals surface area contributed by atoms with Gasteiger partial charge >= 0.3 is 0 Å². The average Bonchev–Trinajstić information content (AvgIpc) is 3.26. The van der Waals surface area contributed by atoms with E-state index in [1.54, 1.807) is 6.92 Å². The molecule has 10 nitrogen and oxygen atoms in total. The number of ether oxygens (including phenoxy) is 1. The van der Waals surface area contributed by atoms with Gasteiger partial charge in [0.25, 0.3) is 10.0 Å². The maximum absolute atomic E-state index is 13.3. The summed E-state index contributed by atoms with van der Waals surface area (Å²) in [4.78, 5) is 13.3. The zero-order valence-corrected chi connectivity index (χ0v) is 25.7. The van der Waals surface area contributed by atoms with Gasteiger partial charge in [0.2, 0.25) is 10.0 Å². The van der Waals surface area contributed by atoms with Crippen LogP contribution in [0.3, 0.4) is 0 Å². The molecule has 1 aromatic heterocycles. The molecule has 0 aliphatic carbocycles. The van der Waals surface area contributed by atoms with E-state index < -0.39 is 20.0 Å². The highest BCUT2D eigenvalue weighted by molar-refractivity contribution is 9.11. The number of aromatic hydroxyl groups is 1. The number of sulfonamides is 2. The maximum atomic E-state index is 13.3. The van der Waals surface area contributed by atoms with E-state index in [-0.39, 0.29) is 51.2 Å². The van der Waals surface area contributed by atoms with Crippen LogP contribution in [0.25, 0.3) is 11.0 Å². The minimum Gasteiger partial charge on any atom is -0.506 e. The largest absolute Gasteiger partial charge is 0.506 e. The Labute approximate surface area is 247 Å². The molecule has 1 aliphatic heterocycles. The number of phenolic OH excluding ortho intramolecular Hbond substituents is 1. The summed E-state index contributed by atoms with van der Waals surface area (Å²) in [5, 5.41) is 10.4. The lowest BCUT2D eigenvalue weighted by Gasteiger charge is -2.26. The Morgan fingerprint density at radius 3 is 2.15 bits per heavy atom. The highest BCUT2D eigenvalue weighted by Crippen LogP contribution is 2.36. The molecule has 3 aromatic carbocycles. The second kappa shape index (κ2) is 10.9. The van der Waals surface area contributed by atoms with Gasteiger partial charge in [-0.05, 0) is 87.3 Å². The summed E-state index contributed by atoms with van der Waals surface area (Å²) in [5.74, 6) is -0.0977. The number of morpholine rings is 1. The molecule has 2 N–H and O–H groups in total. The van der Waals surface area contributed by atoms with E-state index in [9.17, 15) is 26.7 Å². The minimum atomic E-state index is -4.08. The number of fused-ring (bicyclic) bond motifs is 1. The molecule has 40 heavy (non-hydrogen) atoms. The van der Waals surface area contributed by atoms with Crippen molar-refractivity contribution in [2.75, 3.05) is 31.0 Å². The van der Waals surface area contributed by atoms with E-state index in [0.29, 0.717) is 38.9 Å². The molecule has 0 amide bonds. The number of nitrogens with zero attached hydrogens (tertiary/aromatic N) is 1. The van der Waals surface area contributed by atoms with E-state index in [4.69, 9.17) is 9.15 Å². The molecular weight excluding hydrogens is 692 g/mol. The molecular formula is C26H22Br2N2O8S2. The zero-order valence-electron chi connectivity index (χ0n) is 20.8. The number of halogens is 2. The van der Waals surface area contributed by atoms with Crippen molar-refractivity contribution in [3.8, 4) is 5.75 Å². The Morgan fingerprint density at radius 1 is 0.925 bits per heavy atom. The number of nitrogens with one attached hydrogen (secondary N) is 1. The molecule has 0 radical (unpaired) electrons. The van der Waals surface area contributed by atoms with Crippen molar-refractivity contribution >= 4 is 74.3 Å². The zero-order chi connectivity index (χ0) is 28.8. The van der Waals surface area contributed by atoms with E-state index in [1.807, 2.05) is 0 Å². The van der Waals surface area contributed by atoms with Gasteiger partial charge in [-0.25, -0.2) is 16.8 Å². The van der Waals surface area contributed by atoms with Crippen molar-refractivity contribution in [1.29, 1.82) is 0 Å². The summed E-state index contributed by atoms with van der Waals surface area (Å²) in [6.45, 7) is 2.75. The third-order valence-corrected chi connectivity index (χ3v) is 10.9. The normalized spacial score (nSPS) is 14.9. The van der Waals surface area contributed by atoms with Crippen LogP contribution in [0.4, 0.5) is 5.69 Å². The predicted octanol–water partition coefficient (Wildman–Crippen LogP) is 5.02. The Bertz CT molecular complexity index is 1820. The standard InChI is InChI=1S/C26H22Br2N2O8S2/c1-15-24(25(31)16-12-21(27)26(32)22(28)13-16)20-7-6-19(14-23(20)38-15)39(33,34)29-17-2-4-18(5-3-17)40(35,36)30-8-10-37-11-9-30/h2-7,12-14,29,32H,8-11H2,1H3. The van der Waals surface area contributed by atoms with Gasteiger partial charge in [0.15, 0.2) is 5.78 Å². The monoisotopic (exact) mass is 712 g/mol. The van der Waals surface area contributed by atoms with E-state index in [1.165, 1.54) is 58.9 Å². The minimum absolute atomic E-state index is 0.0407. The highest BCUT2D eigenvalue weighted by Gasteiger charge is 2.27. The van der Waals surface area contributed by atoms with Crippen LogP contribution in [0.15, 0.2) is 77.8 Å². The van der Waals surface area contributed by atoms with Crippen LogP contribution >= 0.6 is 31.9 Å². The number of phenols is 1. The fraction of sp³-hybridized carbons (Fsp3) is 0.192. The number of rotatable bonds is 7. The summed E-state index contributed by atoms with van der Waals surface area (Å²) >= 11 is 6.44.